The number of hydrogen-bond donors (Lipinski definition) is 1. The van der Waals surface area contributed by atoms with Crippen LogP contribution in [-0.2, 0) is 39.1 Å². The molecule has 0 aromatic heterocycles. The number of imide groups is 1. The molecule has 2 rings (SSSR count). The van der Waals surface area contributed by atoms with Crippen molar-refractivity contribution in [2.75, 3.05) is 32.7 Å². The van der Waals surface area contributed by atoms with E-state index in [2.05, 4.69) is 10.0 Å². The number of benzene rings is 2. The quantitative estimate of drug-likeness (QED) is 0.0667. The Morgan fingerprint density at radius 2 is 1.80 bits per heavy atom. The van der Waals surface area contributed by atoms with Gasteiger partial charge in [0.05, 0.1) is 12.0 Å². The van der Waals surface area contributed by atoms with Crippen molar-refractivity contribution in [2.24, 2.45) is 5.11 Å². The van der Waals surface area contributed by atoms with Crippen molar-refractivity contribution in [3.63, 3.8) is 0 Å². The normalized spacial score (nSPS) is 12.8. The van der Waals surface area contributed by atoms with E-state index in [-0.39, 0.29) is 30.3 Å². The molecule has 14 nitrogen and oxygen atoms in total. The Hall–Kier alpha value is -3.82. The van der Waals surface area contributed by atoms with E-state index in [1.54, 1.807) is 57.2 Å². The molecule has 0 saturated carbocycles. The fraction of sp³-hybridized carbons (Fsp3) is 0.483. The molecule has 2 atom stereocenters. The standard InChI is InChI=1S/C29H38N4O10S2/c1-20-9-11-23(12-10-20)45(38,39)42-16-15-41-22-8-6-7-21(17-22)18-44-19-25(27(36)40-5)33(28(37)43-29(2,3)4)26(35)24(13-14-34)31-32-30/h6-12,17,24-25,34H,13-16,18-19H2,1-5H3/t24-,25+/m0/s1. The number of amides is 2. The van der Waals surface area contributed by atoms with Gasteiger partial charge in [0.15, 0.2) is 0 Å². The zero-order valence-electron chi connectivity index (χ0n) is 25.7. The van der Waals surface area contributed by atoms with E-state index in [1.807, 2.05) is 6.92 Å². The van der Waals surface area contributed by atoms with Crippen LogP contribution in [0.2, 0.25) is 0 Å². The van der Waals surface area contributed by atoms with Crippen LogP contribution in [0.15, 0.2) is 58.5 Å². The third-order valence-electron chi connectivity index (χ3n) is 5.83. The van der Waals surface area contributed by atoms with Crippen molar-refractivity contribution < 1.29 is 46.3 Å². The highest BCUT2D eigenvalue weighted by Crippen LogP contribution is 2.23. The van der Waals surface area contributed by atoms with Crippen molar-refractivity contribution in [1.29, 1.82) is 0 Å². The zero-order chi connectivity index (χ0) is 33.6. The first-order valence-electron chi connectivity index (χ1n) is 13.8. The Morgan fingerprint density at radius 3 is 2.40 bits per heavy atom. The van der Waals surface area contributed by atoms with Gasteiger partial charge in [-0.25, -0.2) is 14.5 Å². The van der Waals surface area contributed by atoms with Crippen LogP contribution in [0.25, 0.3) is 10.4 Å². The number of rotatable bonds is 16. The molecule has 0 bridgehead atoms. The number of carbonyl (C=O) groups is 3. The van der Waals surface area contributed by atoms with E-state index in [9.17, 15) is 27.9 Å². The first-order valence-corrected chi connectivity index (χ1v) is 16.3. The topological polar surface area (TPSA) is 195 Å². The number of aliphatic hydroxyl groups is 1. The lowest BCUT2D eigenvalue weighted by molar-refractivity contribution is -0.151. The molecular formula is C29H38N4O10S2. The second-order valence-corrected chi connectivity index (χ2v) is 13.2. The summed E-state index contributed by atoms with van der Waals surface area (Å²) in [5.41, 5.74) is 9.57. The van der Waals surface area contributed by atoms with Crippen LogP contribution in [0.5, 0.6) is 5.75 Å². The number of methoxy groups -OCH3 is 1. The monoisotopic (exact) mass is 666 g/mol. The maximum absolute atomic E-state index is 13.3. The minimum atomic E-state index is -3.93. The summed E-state index contributed by atoms with van der Waals surface area (Å²) in [5.74, 6) is -1.26. The molecule has 0 saturated heterocycles. The van der Waals surface area contributed by atoms with Gasteiger partial charge in [0.2, 0.25) is 5.91 Å². The molecule has 2 aromatic rings. The number of esters is 1. The van der Waals surface area contributed by atoms with Crippen molar-refractivity contribution in [3.8, 4) is 5.75 Å². The lowest BCUT2D eigenvalue weighted by atomic mass is 10.1. The highest BCUT2D eigenvalue weighted by atomic mass is 32.2. The molecule has 0 radical (unpaired) electrons. The van der Waals surface area contributed by atoms with Gasteiger partial charge in [-0.3, -0.25) is 8.98 Å². The number of aliphatic hydroxyl groups excluding tert-OH is 1. The second-order valence-electron chi connectivity index (χ2n) is 10.6. The van der Waals surface area contributed by atoms with Crippen LogP contribution in [0.1, 0.15) is 38.3 Å². The van der Waals surface area contributed by atoms with Crippen LogP contribution in [0.3, 0.4) is 0 Å². The molecule has 2 aromatic carbocycles. The summed E-state index contributed by atoms with van der Waals surface area (Å²) >= 11 is 1.20. The summed E-state index contributed by atoms with van der Waals surface area (Å²) < 4.78 is 45.7. The molecule has 16 heteroatoms. The summed E-state index contributed by atoms with van der Waals surface area (Å²) in [6.45, 7) is 5.83. The predicted octanol–water partition coefficient (Wildman–Crippen LogP) is 4.38. The minimum absolute atomic E-state index is 0.0424. The van der Waals surface area contributed by atoms with Gasteiger partial charge < -0.3 is 19.3 Å². The molecule has 0 heterocycles. The zero-order valence-corrected chi connectivity index (χ0v) is 27.4. The average molecular weight is 667 g/mol. The first kappa shape index (κ1) is 37.4. The lowest BCUT2D eigenvalue weighted by Gasteiger charge is -2.32. The second kappa shape index (κ2) is 17.6. The number of aryl methyl sites for hydroxylation is 1. The fourth-order valence-corrected chi connectivity index (χ4v) is 5.67. The van der Waals surface area contributed by atoms with Crippen LogP contribution >= 0.6 is 11.8 Å². The van der Waals surface area contributed by atoms with Gasteiger partial charge in [-0.2, -0.15) is 20.2 Å². The summed E-state index contributed by atoms with van der Waals surface area (Å²) in [5, 5.41) is 12.7. The highest BCUT2D eigenvalue weighted by molar-refractivity contribution is 7.98. The largest absolute Gasteiger partial charge is 0.491 e. The Kier molecular flexibility index (Phi) is 14.6. The van der Waals surface area contributed by atoms with Crippen LogP contribution in [-0.4, -0.2) is 86.8 Å². The van der Waals surface area contributed by atoms with Gasteiger partial charge in [-0.15, -0.1) is 0 Å². The molecule has 45 heavy (non-hydrogen) atoms. The van der Waals surface area contributed by atoms with E-state index in [0.29, 0.717) is 16.4 Å². The van der Waals surface area contributed by atoms with Gasteiger partial charge in [0.1, 0.15) is 36.6 Å². The predicted molar refractivity (Wildman–Crippen MR) is 166 cm³/mol. The van der Waals surface area contributed by atoms with Gasteiger partial charge in [0, 0.05) is 23.0 Å². The number of azide groups is 1. The Bertz CT molecular complexity index is 1460. The Morgan fingerprint density at radius 1 is 1.11 bits per heavy atom. The van der Waals surface area contributed by atoms with Crippen LogP contribution in [0.4, 0.5) is 4.79 Å². The molecule has 0 fully saturated rings. The van der Waals surface area contributed by atoms with Crippen LogP contribution < -0.4 is 4.74 Å². The van der Waals surface area contributed by atoms with Gasteiger partial charge in [0.25, 0.3) is 10.1 Å². The average Bonchev–Trinajstić information content (AvgIpc) is 2.97. The third kappa shape index (κ3) is 12.2. The smallest absolute Gasteiger partial charge is 0.417 e. The molecule has 2 amide bonds. The molecular weight excluding hydrogens is 628 g/mol. The number of ether oxygens (including phenoxy) is 3. The third-order valence-corrected chi connectivity index (χ3v) is 8.25. The van der Waals surface area contributed by atoms with Crippen LogP contribution in [0, 0.1) is 6.92 Å². The number of hydrogen-bond acceptors (Lipinski definition) is 12. The number of carbonyl (C=O) groups excluding carboxylic acids is 3. The van der Waals surface area contributed by atoms with Crippen molar-refractivity contribution in [2.45, 2.75) is 62.4 Å². The van der Waals surface area contributed by atoms with E-state index >= 15 is 0 Å². The SMILES string of the molecule is COC(=O)[C@@H](CSCc1cccc(OCCOS(=O)(=O)c2ccc(C)cc2)c1)N(C(=O)OC(C)(C)C)C(=O)[C@H](CCO)N=[N+]=[N-]. The molecule has 0 aliphatic carbocycles. The molecule has 246 valence electrons. The maximum atomic E-state index is 13.3. The van der Waals surface area contributed by atoms with Gasteiger partial charge in [-0.1, -0.05) is 34.9 Å². The minimum Gasteiger partial charge on any atom is -0.491 e. The Balaban J connectivity index is 2.10. The maximum Gasteiger partial charge on any atom is 0.417 e. The van der Waals surface area contributed by atoms with Gasteiger partial charge in [-0.05, 0) is 69.5 Å². The number of thioether (sulfide) groups is 1. The molecule has 0 aliphatic rings. The summed E-state index contributed by atoms with van der Waals surface area (Å²) in [6, 6.07) is 10.3. The molecule has 0 aliphatic heterocycles. The van der Waals surface area contributed by atoms with Crippen molar-refractivity contribution >= 4 is 39.8 Å². The lowest BCUT2D eigenvalue weighted by Crippen LogP contribution is -2.54. The van der Waals surface area contributed by atoms with Crippen molar-refractivity contribution in [3.05, 3.63) is 70.1 Å². The highest BCUT2D eigenvalue weighted by Gasteiger charge is 2.40. The summed E-state index contributed by atoms with van der Waals surface area (Å²) in [6.07, 6.45) is -1.42. The first-order chi connectivity index (χ1) is 21.2. The molecule has 0 unspecified atom stereocenters. The molecule has 0 spiro atoms. The number of nitrogens with zero attached hydrogens (tertiary/aromatic N) is 4. The summed E-state index contributed by atoms with van der Waals surface area (Å²) in [4.78, 5) is 42.5. The fourth-order valence-electron chi connectivity index (χ4n) is 3.73. The van der Waals surface area contributed by atoms with Crippen molar-refractivity contribution in [1.82, 2.24) is 4.90 Å². The van der Waals surface area contributed by atoms with Gasteiger partial charge >= 0.3 is 12.1 Å². The Labute approximate surface area is 266 Å². The van der Waals surface area contributed by atoms with E-state index in [0.717, 1.165) is 18.2 Å². The summed E-state index contributed by atoms with van der Waals surface area (Å²) in [7, 11) is -2.82. The molecule has 1 N–H and O–H groups in total. The van der Waals surface area contributed by atoms with E-state index < -0.39 is 52.4 Å². The van der Waals surface area contributed by atoms with E-state index in [4.69, 9.17) is 23.9 Å². The van der Waals surface area contributed by atoms with E-state index in [1.165, 1.54) is 23.9 Å².